The number of rotatable bonds is 5. The highest BCUT2D eigenvalue weighted by Crippen LogP contribution is 2.20. The number of amides is 1. The van der Waals surface area contributed by atoms with Crippen LogP contribution in [0.2, 0.25) is 0 Å². The topological polar surface area (TPSA) is 91.6 Å². The minimum absolute atomic E-state index is 0.173. The zero-order valence-corrected chi connectivity index (χ0v) is 12.3. The molecule has 8 heteroatoms. The van der Waals surface area contributed by atoms with Crippen LogP contribution in [0, 0.1) is 11.3 Å². The van der Waals surface area contributed by atoms with E-state index in [-0.39, 0.29) is 11.7 Å². The van der Waals surface area contributed by atoms with Gasteiger partial charge in [0.25, 0.3) is 0 Å². The van der Waals surface area contributed by atoms with Gasteiger partial charge in [0.05, 0.1) is 11.3 Å². The number of aromatic nitrogens is 3. The Balaban J connectivity index is 1.91. The lowest BCUT2D eigenvalue weighted by molar-refractivity contribution is -0.113. The molecule has 0 unspecified atom stereocenters. The highest BCUT2D eigenvalue weighted by molar-refractivity contribution is 8.00. The van der Waals surface area contributed by atoms with Crippen molar-refractivity contribution in [2.45, 2.75) is 18.4 Å². The van der Waals surface area contributed by atoms with Gasteiger partial charge in [-0.3, -0.25) is 10.1 Å². The maximum absolute atomic E-state index is 11.8. The standard InChI is InChI=1S/C12H11N5OS2/c1-2-10-16-17-12(20-10)15-9(18)7-19-11-8(6-13)4-3-5-14-11/h3-5H,2,7H2,1H3,(H,15,17,18). The number of hydrogen-bond donors (Lipinski definition) is 1. The Kier molecular flexibility index (Phi) is 5.03. The maximum Gasteiger partial charge on any atom is 0.236 e. The van der Waals surface area contributed by atoms with Gasteiger partial charge >= 0.3 is 0 Å². The lowest BCUT2D eigenvalue weighted by Crippen LogP contribution is -2.14. The van der Waals surface area contributed by atoms with E-state index in [0.29, 0.717) is 15.7 Å². The van der Waals surface area contributed by atoms with E-state index in [4.69, 9.17) is 5.26 Å². The second kappa shape index (κ2) is 6.98. The molecule has 0 aliphatic rings. The zero-order chi connectivity index (χ0) is 14.4. The Bertz CT molecular complexity index is 649. The highest BCUT2D eigenvalue weighted by Gasteiger charge is 2.10. The van der Waals surface area contributed by atoms with E-state index >= 15 is 0 Å². The van der Waals surface area contributed by atoms with Crippen molar-refractivity contribution in [3.05, 3.63) is 28.9 Å². The second-order valence-corrected chi connectivity index (χ2v) is 5.69. The molecule has 1 N–H and O–H groups in total. The lowest BCUT2D eigenvalue weighted by atomic mass is 10.3. The smallest absolute Gasteiger partial charge is 0.236 e. The van der Waals surface area contributed by atoms with Crippen LogP contribution in [0.15, 0.2) is 23.4 Å². The van der Waals surface area contributed by atoms with Gasteiger partial charge in [-0.25, -0.2) is 4.98 Å². The number of carbonyl (C=O) groups excluding carboxylic acids is 1. The van der Waals surface area contributed by atoms with Gasteiger partial charge in [-0.1, -0.05) is 30.0 Å². The molecule has 0 saturated carbocycles. The Labute approximate surface area is 124 Å². The van der Waals surface area contributed by atoms with E-state index < -0.39 is 0 Å². The van der Waals surface area contributed by atoms with Gasteiger partial charge in [-0.15, -0.1) is 10.2 Å². The van der Waals surface area contributed by atoms with Gasteiger partial charge in [-0.05, 0) is 18.6 Å². The number of nitrogens with one attached hydrogen (secondary N) is 1. The third-order valence-corrected chi connectivity index (χ3v) is 4.24. The molecule has 0 fully saturated rings. The molecule has 0 aliphatic heterocycles. The van der Waals surface area contributed by atoms with Crippen molar-refractivity contribution in [2.24, 2.45) is 0 Å². The van der Waals surface area contributed by atoms with Crippen LogP contribution in [0.1, 0.15) is 17.5 Å². The van der Waals surface area contributed by atoms with E-state index in [1.54, 1.807) is 18.3 Å². The van der Waals surface area contributed by atoms with Crippen LogP contribution in [0.4, 0.5) is 5.13 Å². The van der Waals surface area contributed by atoms with Gasteiger partial charge in [-0.2, -0.15) is 5.26 Å². The lowest BCUT2D eigenvalue weighted by Gasteiger charge is -2.02. The minimum Gasteiger partial charge on any atom is -0.300 e. The summed E-state index contributed by atoms with van der Waals surface area (Å²) in [5.41, 5.74) is 0.467. The normalized spacial score (nSPS) is 10.0. The molecule has 2 aromatic heterocycles. The average molecular weight is 305 g/mol. The van der Waals surface area contributed by atoms with Crippen LogP contribution in [-0.2, 0) is 11.2 Å². The number of thioether (sulfide) groups is 1. The molecule has 0 aliphatic carbocycles. The van der Waals surface area contributed by atoms with Crippen LogP contribution < -0.4 is 5.32 Å². The fraction of sp³-hybridized carbons (Fsp3) is 0.250. The van der Waals surface area contributed by atoms with Crippen LogP contribution in [0.5, 0.6) is 0 Å². The average Bonchev–Trinajstić information content (AvgIpc) is 2.93. The van der Waals surface area contributed by atoms with Gasteiger partial charge in [0, 0.05) is 6.20 Å². The summed E-state index contributed by atoms with van der Waals surface area (Å²) in [6.07, 6.45) is 2.39. The molecular formula is C12H11N5OS2. The van der Waals surface area contributed by atoms with Crippen molar-refractivity contribution in [3.63, 3.8) is 0 Å². The summed E-state index contributed by atoms with van der Waals surface area (Å²) in [6, 6.07) is 5.41. The van der Waals surface area contributed by atoms with Crippen molar-refractivity contribution in [1.29, 1.82) is 5.26 Å². The SMILES string of the molecule is CCc1nnc(NC(=O)CSc2ncccc2C#N)s1. The summed E-state index contributed by atoms with van der Waals surface area (Å²) in [5, 5.41) is 21.3. The summed E-state index contributed by atoms with van der Waals surface area (Å²) >= 11 is 2.58. The predicted octanol–water partition coefficient (Wildman–Crippen LogP) is 2.10. The van der Waals surface area contributed by atoms with Crippen LogP contribution in [-0.4, -0.2) is 26.8 Å². The third-order valence-electron chi connectivity index (χ3n) is 2.25. The number of pyridine rings is 1. The fourth-order valence-electron chi connectivity index (χ4n) is 1.33. The molecule has 102 valence electrons. The largest absolute Gasteiger partial charge is 0.300 e. The van der Waals surface area contributed by atoms with Gasteiger partial charge in [0.2, 0.25) is 11.0 Å². The predicted molar refractivity (Wildman–Crippen MR) is 77.6 cm³/mol. The summed E-state index contributed by atoms with van der Waals surface area (Å²) in [5.74, 6) is -0.0180. The first-order valence-electron chi connectivity index (χ1n) is 5.83. The monoisotopic (exact) mass is 305 g/mol. The molecule has 2 rings (SSSR count). The quantitative estimate of drug-likeness (QED) is 0.850. The molecule has 2 aromatic rings. The van der Waals surface area contributed by atoms with Crippen molar-refractivity contribution in [2.75, 3.05) is 11.1 Å². The maximum atomic E-state index is 11.8. The summed E-state index contributed by atoms with van der Waals surface area (Å²) in [6.45, 7) is 1.98. The van der Waals surface area contributed by atoms with Crippen LogP contribution in [0.25, 0.3) is 0 Å². The van der Waals surface area contributed by atoms with E-state index in [2.05, 4.69) is 20.5 Å². The molecule has 1 amide bonds. The third kappa shape index (κ3) is 3.76. The van der Waals surface area contributed by atoms with Crippen molar-refractivity contribution in [1.82, 2.24) is 15.2 Å². The molecule has 0 bridgehead atoms. The van der Waals surface area contributed by atoms with E-state index in [1.807, 2.05) is 13.0 Å². The Hall–Kier alpha value is -1.98. The van der Waals surface area contributed by atoms with Gasteiger partial charge in [0.15, 0.2) is 0 Å². The van der Waals surface area contributed by atoms with Crippen LogP contribution in [0.3, 0.4) is 0 Å². The Morgan fingerprint density at radius 1 is 1.55 bits per heavy atom. The fourth-order valence-corrected chi connectivity index (χ4v) is 2.77. The molecule has 0 aromatic carbocycles. The van der Waals surface area contributed by atoms with E-state index in [1.165, 1.54) is 23.1 Å². The molecule has 6 nitrogen and oxygen atoms in total. The minimum atomic E-state index is -0.191. The molecule has 0 radical (unpaired) electrons. The van der Waals surface area contributed by atoms with Crippen molar-refractivity contribution >= 4 is 34.1 Å². The zero-order valence-electron chi connectivity index (χ0n) is 10.7. The number of nitriles is 1. The summed E-state index contributed by atoms with van der Waals surface area (Å²) in [7, 11) is 0. The van der Waals surface area contributed by atoms with Gasteiger partial charge < -0.3 is 0 Å². The van der Waals surface area contributed by atoms with Crippen molar-refractivity contribution in [3.8, 4) is 6.07 Å². The van der Waals surface area contributed by atoms with Crippen LogP contribution >= 0.6 is 23.1 Å². The Morgan fingerprint density at radius 2 is 2.40 bits per heavy atom. The molecule has 0 atom stereocenters. The van der Waals surface area contributed by atoms with E-state index in [0.717, 1.165) is 11.4 Å². The molecule has 0 saturated heterocycles. The van der Waals surface area contributed by atoms with Crippen molar-refractivity contribution < 1.29 is 4.79 Å². The first kappa shape index (κ1) is 14.4. The molecular weight excluding hydrogens is 294 g/mol. The first-order chi connectivity index (χ1) is 9.72. The number of carbonyl (C=O) groups is 1. The van der Waals surface area contributed by atoms with E-state index in [9.17, 15) is 4.79 Å². The highest BCUT2D eigenvalue weighted by atomic mass is 32.2. The molecule has 0 spiro atoms. The van der Waals surface area contributed by atoms with Gasteiger partial charge in [0.1, 0.15) is 16.1 Å². The first-order valence-corrected chi connectivity index (χ1v) is 7.63. The number of anilines is 1. The summed E-state index contributed by atoms with van der Waals surface area (Å²) < 4.78 is 0. The molecule has 2 heterocycles. The second-order valence-electron chi connectivity index (χ2n) is 3.66. The molecule has 20 heavy (non-hydrogen) atoms. The Morgan fingerprint density at radius 3 is 3.10 bits per heavy atom. The number of aryl methyl sites for hydroxylation is 1. The summed E-state index contributed by atoms with van der Waals surface area (Å²) in [4.78, 5) is 15.9. The number of hydrogen-bond acceptors (Lipinski definition) is 7. The number of nitrogens with zero attached hydrogens (tertiary/aromatic N) is 4.